The maximum Gasteiger partial charge on any atom is 0.310 e. The molecule has 0 saturated carbocycles. The van der Waals surface area contributed by atoms with Gasteiger partial charge in [0.1, 0.15) is 5.58 Å². The Morgan fingerprint density at radius 1 is 1.09 bits per heavy atom. The number of aryl methyl sites for hydroxylation is 3. The average Bonchev–Trinajstić information content (AvgIpc) is 3.38. The van der Waals surface area contributed by atoms with Crippen LogP contribution in [0.5, 0.6) is 0 Å². The molecule has 3 aromatic rings. The van der Waals surface area contributed by atoms with E-state index in [0.717, 1.165) is 41.4 Å². The van der Waals surface area contributed by atoms with Gasteiger partial charge in [-0.2, -0.15) is 0 Å². The predicted octanol–water partition coefficient (Wildman–Crippen LogP) is 3.41. The molecular formula is C25H26N2O5. The van der Waals surface area contributed by atoms with Crippen molar-refractivity contribution in [3.05, 3.63) is 64.9 Å². The summed E-state index contributed by atoms with van der Waals surface area (Å²) in [4.78, 5) is 37.9. The molecular weight excluding hydrogens is 408 g/mol. The van der Waals surface area contributed by atoms with Gasteiger partial charge in [0, 0.05) is 23.7 Å². The third kappa shape index (κ3) is 4.99. The number of furan rings is 1. The highest BCUT2D eigenvalue weighted by molar-refractivity contribution is 5.95. The molecule has 0 unspecified atom stereocenters. The van der Waals surface area contributed by atoms with E-state index in [4.69, 9.17) is 9.15 Å². The summed E-state index contributed by atoms with van der Waals surface area (Å²) in [5.74, 6) is -1.29. The van der Waals surface area contributed by atoms with E-state index in [1.165, 1.54) is 23.1 Å². The zero-order valence-electron chi connectivity index (χ0n) is 18.3. The molecule has 1 aliphatic rings. The fourth-order valence-electron chi connectivity index (χ4n) is 3.88. The molecule has 4 rings (SSSR count). The average molecular weight is 434 g/mol. The summed E-state index contributed by atoms with van der Waals surface area (Å²) in [6, 6.07) is 11.5. The summed E-state index contributed by atoms with van der Waals surface area (Å²) in [5, 5.41) is 3.65. The van der Waals surface area contributed by atoms with Crippen LogP contribution in [0.4, 0.5) is 5.69 Å². The number of hydrogen-bond donors (Lipinski definition) is 1. The quantitative estimate of drug-likeness (QED) is 0.576. The molecule has 0 atom stereocenters. The van der Waals surface area contributed by atoms with Crippen molar-refractivity contribution in [1.29, 1.82) is 0 Å². The Bertz CT molecular complexity index is 1160. The summed E-state index contributed by atoms with van der Waals surface area (Å²) in [5.41, 5.74) is 5.87. The molecule has 7 heteroatoms. The third-order valence-electron chi connectivity index (χ3n) is 5.70. The van der Waals surface area contributed by atoms with E-state index in [0.29, 0.717) is 5.69 Å². The second-order valence-corrected chi connectivity index (χ2v) is 8.23. The molecule has 0 spiro atoms. The minimum absolute atomic E-state index is 0.0245. The summed E-state index contributed by atoms with van der Waals surface area (Å²) < 4.78 is 10.8. The molecule has 32 heavy (non-hydrogen) atoms. The topological polar surface area (TPSA) is 88.9 Å². The van der Waals surface area contributed by atoms with Gasteiger partial charge in [-0.25, -0.2) is 0 Å². The SMILES string of the molecule is Cc1ccc(NC(=O)CN(C)C(=O)COC(=O)Cc2coc3cc4c(cc23)CCC4)cc1. The molecule has 1 aliphatic carbocycles. The van der Waals surface area contributed by atoms with Crippen molar-refractivity contribution >= 4 is 34.4 Å². The Kier molecular flexibility index (Phi) is 6.25. The van der Waals surface area contributed by atoms with Crippen LogP contribution in [-0.4, -0.2) is 42.9 Å². The van der Waals surface area contributed by atoms with Gasteiger partial charge in [0.25, 0.3) is 5.91 Å². The van der Waals surface area contributed by atoms with Crippen molar-refractivity contribution in [2.45, 2.75) is 32.6 Å². The van der Waals surface area contributed by atoms with E-state index in [1.807, 2.05) is 25.1 Å². The van der Waals surface area contributed by atoms with Gasteiger partial charge in [0.15, 0.2) is 6.61 Å². The van der Waals surface area contributed by atoms with Crippen LogP contribution >= 0.6 is 0 Å². The van der Waals surface area contributed by atoms with E-state index in [2.05, 4.69) is 11.4 Å². The predicted molar refractivity (Wildman–Crippen MR) is 120 cm³/mol. The first-order chi connectivity index (χ1) is 15.4. The van der Waals surface area contributed by atoms with E-state index in [-0.39, 0.29) is 18.9 Å². The van der Waals surface area contributed by atoms with E-state index in [9.17, 15) is 14.4 Å². The van der Waals surface area contributed by atoms with Crippen molar-refractivity contribution in [3.63, 3.8) is 0 Å². The highest BCUT2D eigenvalue weighted by Gasteiger charge is 2.19. The summed E-state index contributed by atoms with van der Waals surface area (Å²) in [6.07, 6.45) is 4.83. The van der Waals surface area contributed by atoms with Crippen molar-refractivity contribution < 1.29 is 23.5 Å². The molecule has 0 fully saturated rings. The molecule has 2 aromatic carbocycles. The smallest absolute Gasteiger partial charge is 0.310 e. The fourth-order valence-corrected chi connectivity index (χ4v) is 3.88. The molecule has 1 heterocycles. The number of rotatable bonds is 7. The number of benzene rings is 2. The number of likely N-dealkylation sites (N-methyl/N-ethyl adjacent to an activating group) is 1. The standard InChI is InChI=1S/C25H26N2O5/c1-16-6-8-20(9-7-16)26-23(28)13-27(2)24(29)15-32-25(30)12-19-14-31-22-11-18-5-3-4-17(18)10-21(19)22/h6-11,14H,3-5,12-13,15H2,1-2H3,(H,26,28). The number of hydrogen-bond acceptors (Lipinski definition) is 5. The van der Waals surface area contributed by atoms with Crippen LogP contribution in [0.2, 0.25) is 0 Å². The highest BCUT2D eigenvalue weighted by atomic mass is 16.5. The van der Waals surface area contributed by atoms with Crippen molar-refractivity contribution in [1.82, 2.24) is 4.90 Å². The Morgan fingerprint density at radius 2 is 1.81 bits per heavy atom. The van der Waals surface area contributed by atoms with E-state index >= 15 is 0 Å². The van der Waals surface area contributed by atoms with Gasteiger partial charge in [-0.05, 0) is 61.6 Å². The Hall–Kier alpha value is -3.61. The first-order valence-electron chi connectivity index (χ1n) is 10.7. The summed E-state index contributed by atoms with van der Waals surface area (Å²) in [7, 11) is 1.50. The molecule has 0 radical (unpaired) electrons. The largest absolute Gasteiger partial charge is 0.464 e. The lowest BCUT2D eigenvalue weighted by molar-refractivity contribution is -0.151. The lowest BCUT2D eigenvalue weighted by Gasteiger charge is -2.16. The van der Waals surface area contributed by atoms with Gasteiger partial charge in [0.2, 0.25) is 5.91 Å². The minimum Gasteiger partial charge on any atom is -0.464 e. The van der Waals surface area contributed by atoms with Gasteiger partial charge in [-0.1, -0.05) is 17.7 Å². The van der Waals surface area contributed by atoms with Crippen LogP contribution in [0.1, 0.15) is 28.7 Å². The third-order valence-corrected chi connectivity index (χ3v) is 5.70. The molecule has 0 saturated heterocycles. The number of carbonyl (C=O) groups is 3. The van der Waals surface area contributed by atoms with Gasteiger partial charge >= 0.3 is 5.97 Å². The normalized spacial score (nSPS) is 12.4. The van der Waals surface area contributed by atoms with Crippen LogP contribution in [-0.2, 0) is 38.4 Å². The van der Waals surface area contributed by atoms with Gasteiger partial charge in [-0.3, -0.25) is 14.4 Å². The van der Waals surface area contributed by atoms with Gasteiger partial charge in [-0.15, -0.1) is 0 Å². The minimum atomic E-state index is -0.515. The number of nitrogens with one attached hydrogen (secondary N) is 1. The number of nitrogens with zero attached hydrogens (tertiary/aromatic N) is 1. The van der Waals surface area contributed by atoms with Crippen molar-refractivity contribution in [3.8, 4) is 0 Å². The number of amides is 2. The molecule has 1 aromatic heterocycles. The number of carbonyl (C=O) groups excluding carboxylic acids is 3. The first-order valence-corrected chi connectivity index (χ1v) is 10.7. The zero-order valence-corrected chi connectivity index (χ0v) is 18.3. The summed E-state index contributed by atoms with van der Waals surface area (Å²) in [6.45, 7) is 1.40. The molecule has 1 N–H and O–H groups in total. The first kappa shape index (κ1) is 21.6. The van der Waals surface area contributed by atoms with Crippen LogP contribution in [0.3, 0.4) is 0 Å². The Balaban J connectivity index is 1.26. The molecule has 0 aliphatic heterocycles. The fraction of sp³-hybridized carbons (Fsp3) is 0.320. The van der Waals surface area contributed by atoms with Crippen molar-refractivity contribution in [2.75, 3.05) is 25.5 Å². The molecule has 2 amide bonds. The van der Waals surface area contributed by atoms with E-state index < -0.39 is 18.5 Å². The number of ether oxygens (including phenoxy) is 1. The summed E-state index contributed by atoms with van der Waals surface area (Å²) >= 11 is 0. The Morgan fingerprint density at radius 3 is 2.56 bits per heavy atom. The number of anilines is 1. The van der Waals surface area contributed by atoms with Crippen LogP contribution < -0.4 is 5.32 Å². The lowest BCUT2D eigenvalue weighted by atomic mass is 10.0. The Labute approximate surface area is 186 Å². The van der Waals surface area contributed by atoms with Crippen LogP contribution in [0.15, 0.2) is 47.1 Å². The van der Waals surface area contributed by atoms with Crippen LogP contribution in [0, 0.1) is 6.92 Å². The van der Waals surface area contributed by atoms with Gasteiger partial charge < -0.3 is 19.4 Å². The maximum absolute atomic E-state index is 12.3. The van der Waals surface area contributed by atoms with Gasteiger partial charge in [0.05, 0.1) is 19.2 Å². The highest BCUT2D eigenvalue weighted by Crippen LogP contribution is 2.30. The lowest BCUT2D eigenvalue weighted by Crippen LogP contribution is -2.37. The monoisotopic (exact) mass is 434 g/mol. The number of fused-ring (bicyclic) bond motifs is 2. The van der Waals surface area contributed by atoms with Crippen LogP contribution in [0.25, 0.3) is 11.0 Å². The maximum atomic E-state index is 12.3. The van der Waals surface area contributed by atoms with Crippen molar-refractivity contribution in [2.24, 2.45) is 0 Å². The molecule has 166 valence electrons. The molecule has 0 bridgehead atoms. The van der Waals surface area contributed by atoms with E-state index in [1.54, 1.807) is 18.4 Å². The molecule has 7 nitrogen and oxygen atoms in total. The second kappa shape index (κ2) is 9.26. The second-order valence-electron chi connectivity index (χ2n) is 8.23. The zero-order chi connectivity index (χ0) is 22.7. The number of esters is 1.